The standard InChI is InChI=1S/C15H15N5O/c1-10-8-13(20-16)19-14(18-10)9-21-12-6-2-4-11-5-3-7-17-15(11)12/h2-8H,9,16H2,1H3,(H,18,19,20). The molecule has 0 fully saturated rings. The molecule has 6 heteroatoms. The fraction of sp³-hybridized carbons (Fsp3) is 0.133. The predicted octanol–water partition coefficient (Wildman–Crippen LogP) is 2.20. The second-order valence-corrected chi connectivity index (χ2v) is 4.58. The fourth-order valence-electron chi connectivity index (χ4n) is 2.10. The van der Waals surface area contributed by atoms with E-state index < -0.39 is 0 Å². The normalized spacial score (nSPS) is 10.6. The number of hydrogen-bond donors (Lipinski definition) is 2. The van der Waals surface area contributed by atoms with Crippen LogP contribution in [-0.4, -0.2) is 15.0 Å². The zero-order valence-corrected chi connectivity index (χ0v) is 11.6. The number of anilines is 1. The lowest BCUT2D eigenvalue weighted by Gasteiger charge is -2.09. The van der Waals surface area contributed by atoms with Crippen molar-refractivity contribution >= 4 is 16.7 Å². The van der Waals surface area contributed by atoms with Crippen LogP contribution >= 0.6 is 0 Å². The molecule has 0 aliphatic rings. The van der Waals surface area contributed by atoms with E-state index in [9.17, 15) is 0 Å². The number of aromatic nitrogens is 3. The van der Waals surface area contributed by atoms with Crippen molar-refractivity contribution in [1.29, 1.82) is 0 Å². The molecule has 0 saturated heterocycles. The van der Waals surface area contributed by atoms with Crippen molar-refractivity contribution in [2.24, 2.45) is 5.84 Å². The van der Waals surface area contributed by atoms with Crippen LogP contribution in [0.15, 0.2) is 42.6 Å². The predicted molar refractivity (Wildman–Crippen MR) is 80.7 cm³/mol. The summed E-state index contributed by atoms with van der Waals surface area (Å²) in [6.07, 6.45) is 1.74. The second kappa shape index (κ2) is 5.72. The fourth-order valence-corrected chi connectivity index (χ4v) is 2.10. The molecule has 3 N–H and O–H groups in total. The van der Waals surface area contributed by atoms with Crippen LogP contribution in [0.1, 0.15) is 11.5 Å². The Balaban J connectivity index is 1.85. The van der Waals surface area contributed by atoms with Crippen molar-refractivity contribution in [2.75, 3.05) is 5.43 Å². The van der Waals surface area contributed by atoms with Gasteiger partial charge in [-0.15, -0.1) is 0 Å². The van der Waals surface area contributed by atoms with Gasteiger partial charge < -0.3 is 10.2 Å². The Morgan fingerprint density at radius 3 is 2.90 bits per heavy atom. The van der Waals surface area contributed by atoms with Crippen molar-refractivity contribution in [1.82, 2.24) is 15.0 Å². The van der Waals surface area contributed by atoms with E-state index in [0.29, 0.717) is 17.4 Å². The van der Waals surface area contributed by atoms with Gasteiger partial charge in [-0.2, -0.15) is 0 Å². The molecule has 6 nitrogen and oxygen atoms in total. The van der Waals surface area contributed by atoms with Gasteiger partial charge in [0.2, 0.25) is 0 Å². The van der Waals surface area contributed by atoms with E-state index in [1.165, 1.54) is 0 Å². The molecule has 0 unspecified atom stereocenters. The molecule has 106 valence electrons. The molecule has 0 aliphatic heterocycles. The molecule has 2 heterocycles. The summed E-state index contributed by atoms with van der Waals surface area (Å²) in [7, 11) is 0. The number of nitrogens with zero attached hydrogens (tertiary/aromatic N) is 3. The minimum Gasteiger partial charge on any atom is -0.483 e. The molecule has 1 aromatic carbocycles. The summed E-state index contributed by atoms with van der Waals surface area (Å²) in [5.41, 5.74) is 4.17. The molecule has 2 aromatic heterocycles. The van der Waals surface area contributed by atoms with Gasteiger partial charge in [-0.1, -0.05) is 18.2 Å². The van der Waals surface area contributed by atoms with Crippen LogP contribution in [0.25, 0.3) is 10.9 Å². The number of nitrogens with two attached hydrogens (primary N) is 1. The minimum atomic E-state index is 0.256. The molecule has 0 bridgehead atoms. The third-order valence-corrected chi connectivity index (χ3v) is 3.00. The molecule has 0 saturated carbocycles. The van der Waals surface area contributed by atoms with E-state index in [0.717, 1.165) is 16.6 Å². The van der Waals surface area contributed by atoms with Gasteiger partial charge >= 0.3 is 0 Å². The Labute approximate surface area is 122 Å². The van der Waals surface area contributed by atoms with Crippen LogP contribution in [-0.2, 0) is 6.61 Å². The number of hydrazine groups is 1. The number of fused-ring (bicyclic) bond motifs is 1. The maximum Gasteiger partial charge on any atom is 0.168 e. The zero-order chi connectivity index (χ0) is 14.7. The first-order valence-electron chi connectivity index (χ1n) is 6.54. The topological polar surface area (TPSA) is 86.0 Å². The van der Waals surface area contributed by atoms with Gasteiger partial charge in [0.05, 0.1) is 0 Å². The Morgan fingerprint density at radius 2 is 2.05 bits per heavy atom. The quantitative estimate of drug-likeness (QED) is 0.563. The van der Waals surface area contributed by atoms with Crippen molar-refractivity contribution in [3.8, 4) is 5.75 Å². The van der Waals surface area contributed by atoms with E-state index >= 15 is 0 Å². The van der Waals surface area contributed by atoms with Crippen LogP contribution in [0.2, 0.25) is 0 Å². The third-order valence-electron chi connectivity index (χ3n) is 3.00. The lowest BCUT2D eigenvalue weighted by Crippen LogP contribution is -2.12. The van der Waals surface area contributed by atoms with Crippen LogP contribution in [0, 0.1) is 6.92 Å². The number of hydrogen-bond acceptors (Lipinski definition) is 6. The number of ether oxygens (including phenoxy) is 1. The molecule has 0 amide bonds. The highest BCUT2D eigenvalue weighted by molar-refractivity contribution is 5.84. The van der Waals surface area contributed by atoms with Crippen molar-refractivity contribution < 1.29 is 4.74 Å². The summed E-state index contributed by atoms with van der Waals surface area (Å²) in [6.45, 7) is 2.14. The molecule has 21 heavy (non-hydrogen) atoms. The van der Waals surface area contributed by atoms with Gasteiger partial charge in [-0.05, 0) is 19.1 Å². The highest BCUT2D eigenvalue weighted by Gasteiger charge is 2.06. The molecule has 0 radical (unpaired) electrons. The summed E-state index contributed by atoms with van der Waals surface area (Å²) < 4.78 is 5.80. The summed E-state index contributed by atoms with van der Waals surface area (Å²) in [4.78, 5) is 12.9. The average molecular weight is 281 g/mol. The highest BCUT2D eigenvalue weighted by Crippen LogP contribution is 2.23. The SMILES string of the molecule is Cc1cc(NN)nc(COc2cccc3cccnc23)n1. The molecular weight excluding hydrogens is 266 g/mol. The Morgan fingerprint density at radius 1 is 1.19 bits per heavy atom. The number of nitrogen functional groups attached to an aromatic ring is 1. The van der Waals surface area contributed by atoms with E-state index in [2.05, 4.69) is 20.4 Å². The maximum absolute atomic E-state index is 5.80. The smallest absolute Gasteiger partial charge is 0.168 e. The largest absolute Gasteiger partial charge is 0.483 e. The lowest BCUT2D eigenvalue weighted by molar-refractivity contribution is 0.298. The average Bonchev–Trinajstić information content (AvgIpc) is 2.52. The van der Waals surface area contributed by atoms with Crippen molar-refractivity contribution in [3.63, 3.8) is 0 Å². The summed E-state index contributed by atoms with van der Waals surface area (Å²) in [5, 5.41) is 1.03. The summed E-state index contributed by atoms with van der Waals surface area (Å²) >= 11 is 0. The van der Waals surface area contributed by atoms with Gasteiger partial charge in [0, 0.05) is 23.3 Å². The van der Waals surface area contributed by atoms with Crippen LogP contribution in [0.3, 0.4) is 0 Å². The zero-order valence-electron chi connectivity index (χ0n) is 11.6. The molecule has 3 aromatic rings. The number of aryl methyl sites for hydroxylation is 1. The lowest BCUT2D eigenvalue weighted by atomic mass is 10.2. The monoisotopic (exact) mass is 281 g/mol. The van der Waals surface area contributed by atoms with E-state index in [1.807, 2.05) is 37.3 Å². The number of para-hydroxylation sites is 1. The molecule has 0 spiro atoms. The summed E-state index contributed by atoms with van der Waals surface area (Å²) in [5.74, 6) is 7.22. The van der Waals surface area contributed by atoms with Crippen LogP contribution in [0.5, 0.6) is 5.75 Å². The van der Waals surface area contributed by atoms with Gasteiger partial charge in [0.1, 0.15) is 23.7 Å². The molecule has 0 aliphatic carbocycles. The molecule has 0 atom stereocenters. The number of pyridine rings is 1. The maximum atomic E-state index is 5.80. The van der Waals surface area contributed by atoms with Gasteiger partial charge in [0.25, 0.3) is 0 Å². The highest BCUT2D eigenvalue weighted by atomic mass is 16.5. The van der Waals surface area contributed by atoms with Gasteiger partial charge in [0.15, 0.2) is 5.82 Å². The Bertz CT molecular complexity index is 770. The van der Waals surface area contributed by atoms with E-state index in [4.69, 9.17) is 10.6 Å². The van der Waals surface area contributed by atoms with Gasteiger partial charge in [-0.25, -0.2) is 15.8 Å². The van der Waals surface area contributed by atoms with E-state index in [-0.39, 0.29) is 6.61 Å². The molecule has 3 rings (SSSR count). The number of benzene rings is 1. The van der Waals surface area contributed by atoms with E-state index in [1.54, 1.807) is 12.3 Å². The Kier molecular flexibility index (Phi) is 3.61. The number of rotatable bonds is 4. The van der Waals surface area contributed by atoms with Crippen LogP contribution in [0.4, 0.5) is 5.82 Å². The van der Waals surface area contributed by atoms with Crippen molar-refractivity contribution in [2.45, 2.75) is 13.5 Å². The van der Waals surface area contributed by atoms with Crippen LogP contribution < -0.4 is 16.0 Å². The third kappa shape index (κ3) is 2.90. The van der Waals surface area contributed by atoms with Gasteiger partial charge in [-0.3, -0.25) is 4.98 Å². The van der Waals surface area contributed by atoms with Crippen molar-refractivity contribution in [3.05, 3.63) is 54.1 Å². The first-order valence-corrected chi connectivity index (χ1v) is 6.54. The Hall–Kier alpha value is -2.73. The molecular formula is C15H15N5O. The summed E-state index contributed by atoms with van der Waals surface area (Å²) in [6, 6.07) is 11.5. The second-order valence-electron chi connectivity index (χ2n) is 4.58. The first kappa shape index (κ1) is 13.3. The minimum absolute atomic E-state index is 0.256. The first-order chi connectivity index (χ1) is 10.3. The number of nitrogens with one attached hydrogen (secondary N) is 1.